The molecule has 0 radical (unpaired) electrons. The summed E-state index contributed by atoms with van der Waals surface area (Å²) in [6, 6.07) is 5.65. The molecular formula is C22H18F4N4O2. The highest BCUT2D eigenvalue weighted by atomic mass is 19.4. The number of alkyl halides is 3. The number of pyridine rings is 1. The lowest BCUT2D eigenvalue weighted by atomic mass is 10.0. The van der Waals surface area contributed by atoms with E-state index in [4.69, 9.17) is 0 Å². The summed E-state index contributed by atoms with van der Waals surface area (Å²) < 4.78 is 51.9. The first-order valence-corrected chi connectivity index (χ1v) is 10.1. The summed E-state index contributed by atoms with van der Waals surface area (Å²) in [5.41, 5.74) is 1.44. The van der Waals surface area contributed by atoms with Gasteiger partial charge in [0, 0.05) is 18.4 Å². The molecule has 1 aliphatic carbocycles. The molecule has 6 nitrogen and oxygen atoms in total. The summed E-state index contributed by atoms with van der Waals surface area (Å²) >= 11 is 0. The molecule has 10 heteroatoms. The maximum Gasteiger partial charge on any atom is 0.433 e. The quantitative estimate of drug-likeness (QED) is 0.728. The zero-order valence-electron chi connectivity index (χ0n) is 16.7. The topological polar surface area (TPSA) is 65.5 Å². The number of benzene rings is 1. The number of halogens is 4. The number of aromatic nitrogens is 1. The van der Waals surface area contributed by atoms with E-state index < -0.39 is 23.7 Å². The Morgan fingerprint density at radius 1 is 1.22 bits per heavy atom. The van der Waals surface area contributed by atoms with Crippen LogP contribution < -0.4 is 5.32 Å². The number of amides is 3. The van der Waals surface area contributed by atoms with Gasteiger partial charge in [0.25, 0.3) is 0 Å². The van der Waals surface area contributed by atoms with Crippen molar-refractivity contribution < 1.29 is 27.2 Å². The van der Waals surface area contributed by atoms with E-state index >= 15 is 0 Å². The highest BCUT2D eigenvalue weighted by Gasteiger charge is 2.43. The van der Waals surface area contributed by atoms with Gasteiger partial charge in [0.15, 0.2) is 0 Å². The van der Waals surface area contributed by atoms with E-state index in [0.29, 0.717) is 29.8 Å². The number of nitrogens with one attached hydrogen (secondary N) is 1. The van der Waals surface area contributed by atoms with E-state index in [9.17, 15) is 27.2 Å². The van der Waals surface area contributed by atoms with Crippen molar-refractivity contribution in [1.82, 2.24) is 14.8 Å². The lowest BCUT2D eigenvalue weighted by Gasteiger charge is -2.33. The van der Waals surface area contributed by atoms with Crippen molar-refractivity contribution >= 4 is 23.2 Å². The third-order valence-corrected chi connectivity index (χ3v) is 6.10. The smallest absolute Gasteiger partial charge is 0.333 e. The number of fused-ring (bicyclic) bond motifs is 3. The van der Waals surface area contributed by atoms with Gasteiger partial charge in [-0.25, -0.2) is 9.18 Å². The summed E-state index contributed by atoms with van der Waals surface area (Å²) in [6.45, 7) is 0.420. The standard InChI is InChI=1S/C22H18F4N4O2/c23-15-2-3-17-14(7-15)10-29(21(32)28-17)11-20(31)30-9-12-5-16(18(30)6-12)13-1-4-19(27-8-13)22(24,25)26/h1-5,7-8,12,18H,6,9-11H2,(H,28,32)/t12-,18-/m0/s1. The van der Waals surface area contributed by atoms with Gasteiger partial charge in [-0.3, -0.25) is 9.78 Å². The van der Waals surface area contributed by atoms with Crippen molar-refractivity contribution in [3.05, 3.63) is 65.2 Å². The maximum absolute atomic E-state index is 13.5. The minimum absolute atomic E-state index is 0.103. The molecule has 1 N–H and O–H groups in total. The van der Waals surface area contributed by atoms with Gasteiger partial charge in [-0.2, -0.15) is 13.2 Å². The second-order valence-corrected chi connectivity index (χ2v) is 8.20. The maximum atomic E-state index is 13.5. The molecule has 3 amide bonds. The minimum atomic E-state index is -4.51. The van der Waals surface area contributed by atoms with Gasteiger partial charge >= 0.3 is 12.2 Å². The van der Waals surface area contributed by atoms with Crippen LogP contribution >= 0.6 is 0 Å². The van der Waals surface area contributed by atoms with Crippen LogP contribution in [0.5, 0.6) is 0 Å². The van der Waals surface area contributed by atoms with Crippen LogP contribution in [0.15, 0.2) is 42.6 Å². The highest BCUT2D eigenvalue weighted by molar-refractivity contribution is 5.95. The van der Waals surface area contributed by atoms with Gasteiger partial charge in [0.1, 0.15) is 18.1 Å². The van der Waals surface area contributed by atoms with E-state index in [0.717, 1.165) is 11.6 Å². The first-order chi connectivity index (χ1) is 15.2. The van der Waals surface area contributed by atoms with Crippen LogP contribution in [0.2, 0.25) is 0 Å². The van der Waals surface area contributed by atoms with E-state index in [-0.39, 0.29) is 31.0 Å². The molecule has 1 fully saturated rings. The van der Waals surface area contributed by atoms with Crippen LogP contribution in [0.25, 0.3) is 5.57 Å². The van der Waals surface area contributed by atoms with Crippen LogP contribution in [0.3, 0.4) is 0 Å². The van der Waals surface area contributed by atoms with Crippen LogP contribution in [0.4, 0.5) is 28.0 Å². The fourth-order valence-electron chi connectivity index (χ4n) is 4.61. The van der Waals surface area contributed by atoms with E-state index in [2.05, 4.69) is 10.3 Å². The normalized spacial score (nSPS) is 22.0. The van der Waals surface area contributed by atoms with Gasteiger partial charge in [-0.1, -0.05) is 12.1 Å². The predicted octanol–water partition coefficient (Wildman–Crippen LogP) is 3.90. The zero-order valence-corrected chi connectivity index (χ0v) is 16.7. The predicted molar refractivity (Wildman–Crippen MR) is 107 cm³/mol. The summed E-state index contributed by atoms with van der Waals surface area (Å²) in [5.74, 6) is -0.591. The van der Waals surface area contributed by atoms with Crippen LogP contribution in [-0.4, -0.2) is 45.9 Å². The number of carbonyl (C=O) groups is 2. The first kappa shape index (κ1) is 20.5. The zero-order chi connectivity index (χ0) is 22.6. The Labute approximate surface area is 180 Å². The van der Waals surface area contributed by atoms with E-state index in [1.807, 2.05) is 6.08 Å². The molecule has 2 aliphatic heterocycles. The van der Waals surface area contributed by atoms with Gasteiger partial charge in [0.05, 0.1) is 12.6 Å². The number of urea groups is 1. The van der Waals surface area contributed by atoms with Crippen LogP contribution in [-0.2, 0) is 17.5 Å². The molecular weight excluding hydrogens is 428 g/mol. The second-order valence-electron chi connectivity index (χ2n) is 8.20. The number of hydrogen-bond acceptors (Lipinski definition) is 3. The first-order valence-electron chi connectivity index (χ1n) is 10.1. The van der Waals surface area contributed by atoms with Crippen molar-refractivity contribution in [3.8, 4) is 0 Å². The molecule has 1 saturated heterocycles. The summed E-state index contributed by atoms with van der Waals surface area (Å²) in [4.78, 5) is 31.9. The molecule has 1 aromatic heterocycles. The second kappa shape index (κ2) is 7.32. The van der Waals surface area contributed by atoms with Crippen molar-refractivity contribution in [2.75, 3.05) is 18.4 Å². The van der Waals surface area contributed by atoms with Crippen molar-refractivity contribution in [3.63, 3.8) is 0 Å². The van der Waals surface area contributed by atoms with Crippen LogP contribution in [0.1, 0.15) is 23.2 Å². The summed E-state index contributed by atoms with van der Waals surface area (Å²) in [5, 5.41) is 2.66. The number of hydrogen-bond donors (Lipinski definition) is 1. The van der Waals surface area contributed by atoms with Crippen molar-refractivity contribution in [2.24, 2.45) is 5.92 Å². The third-order valence-electron chi connectivity index (χ3n) is 6.10. The fourth-order valence-corrected chi connectivity index (χ4v) is 4.61. The Morgan fingerprint density at radius 3 is 2.72 bits per heavy atom. The average molecular weight is 446 g/mol. The molecule has 166 valence electrons. The van der Waals surface area contributed by atoms with Gasteiger partial charge in [-0.15, -0.1) is 0 Å². The monoisotopic (exact) mass is 446 g/mol. The molecule has 0 unspecified atom stereocenters. The Morgan fingerprint density at radius 2 is 2.03 bits per heavy atom. The van der Waals surface area contributed by atoms with Crippen molar-refractivity contribution in [2.45, 2.75) is 25.2 Å². The Balaban J connectivity index is 1.30. The molecule has 2 atom stereocenters. The van der Waals surface area contributed by atoms with Gasteiger partial charge in [-0.05, 0) is 53.3 Å². The SMILES string of the molecule is O=C1Nc2ccc(F)cc2CN1CC(=O)N1C[C@H]2C=C(c3ccc(C(F)(F)F)nc3)[C@@H]1C2. The number of carbonyl (C=O) groups excluding carboxylic acids is 2. The molecule has 5 rings (SSSR count). The number of anilines is 1. The van der Waals surface area contributed by atoms with E-state index in [1.54, 1.807) is 4.90 Å². The summed E-state index contributed by atoms with van der Waals surface area (Å²) in [6.07, 6.45) is -0.671. The largest absolute Gasteiger partial charge is 0.433 e. The molecule has 0 spiro atoms. The molecule has 3 heterocycles. The molecule has 1 aromatic carbocycles. The lowest BCUT2D eigenvalue weighted by molar-refractivity contribution is -0.141. The Hall–Kier alpha value is -3.43. The number of likely N-dealkylation sites (tertiary alicyclic amines) is 1. The molecule has 2 aromatic rings. The molecule has 32 heavy (non-hydrogen) atoms. The van der Waals surface area contributed by atoms with Crippen molar-refractivity contribution in [1.29, 1.82) is 0 Å². The Bertz CT molecular complexity index is 1130. The van der Waals surface area contributed by atoms with E-state index in [1.165, 1.54) is 35.4 Å². The summed E-state index contributed by atoms with van der Waals surface area (Å²) in [7, 11) is 0. The average Bonchev–Trinajstić information content (AvgIpc) is 3.35. The molecule has 2 bridgehead atoms. The fraction of sp³-hybridized carbons (Fsp3) is 0.318. The highest BCUT2D eigenvalue weighted by Crippen LogP contribution is 2.42. The lowest BCUT2D eigenvalue weighted by Crippen LogP contribution is -2.48. The van der Waals surface area contributed by atoms with Crippen LogP contribution in [0, 0.1) is 11.7 Å². The Kier molecular flexibility index (Phi) is 4.68. The third kappa shape index (κ3) is 3.59. The molecule has 3 aliphatic rings. The number of rotatable bonds is 3. The number of nitrogens with zero attached hydrogens (tertiary/aromatic N) is 3. The van der Waals surface area contributed by atoms with Gasteiger partial charge < -0.3 is 15.1 Å². The molecule has 0 saturated carbocycles. The minimum Gasteiger partial charge on any atom is -0.333 e. The van der Waals surface area contributed by atoms with Gasteiger partial charge in [0.2, 0.25) is 5.91 Å².